The van der Waals surface area contributed by atoms with E-state index in [2.05, 4.69) is 20.8 Å². The summed E-state index contributed by atoms with van der Waals surface area (Å²) in [5.74, 6) is 2.36. The van der Waals surface area contributed by atoms with Crippen molar-refractivity contribution in [2.45, 2.75) is 97.2 Å². The molecule has 4 heteroatoms. The topological polar surface area (TPSA) is 77.8 Å². The highest BCUT2D eigenvalue weighted by Crippen LogP contribution is 2.68. The molecule has 4 saturated carbocycles. The van der Waals surface area contributed by atoms with E-state index in [0.29, 0.717) is 35.5 Å². The van der Waals surface area contributed by atoms with E-state index in [4.69, 9.17) is 5.11 Å². The van der Waals surface area contributed by atoms with E-state index in [1.807, 2.05) is 0 Å². The number of hydrogen-bond donors (Lipinski definition) is 3. The fourth-order valence-electron chi connectivity index (χ4n) is 8.73. The Balaban J connectivity index is 1.55. The van der Waals surface area contributed by atoms with Gasteiger partial charge in [0.25, 0.3) is 0 Å². The predicted octanol–water partition coefficient (Wildman–Crippen LogP) is 4.48. The van der Waals surface area contributed by atoms with Gasteiger partial charge in [0, 0.05) is 6.42 Å². The molecule has 0 bridgehead atoms. The largest absolute Gasteiger partial charge is 0.481 e. The van der Waals surface area contributed by atoms with Crippen LogP contribution in [0, 0.1) is 46.3 Å². The van der Waals surface area contributed by atoms with Crippen LogP contribution >= 0.6 is 0 Å². The van der Waals surface area contributed by atoms with Crippen molar-refractivity contribution in [2.24, 2.45) is 46.3 Å². The number of hydrogen-bond acceptors (Lipinski definition) is 3. The fraction of sp³-hybridized carbons (Fsp3) is 0.958. The Kier molecular flexibility index (Phi) is 5.36. The van der Waals surface area contributed by atoms with E-state index >= 15 is 0 Å². The van der Waals surface area contributed by atoms with Crippen molar-refractivity contribution < 1.29 is 20.1 Å². The van der Waals surface area contributed by atoms with Crippen LogP contribution in [0.15, 0.2) is 0 Å². The molecule has 0 aromatic rings. The van der Waals surface area contributed by atoms with Gasteiger partial charge in [-0.3, -0.25) is 4.79 Å². The molecule has 0 radical (unpaired) electrons. The molecule has 0 aliphatic heterocycles. The molecular weight excluding hydrogens is 352 g/mol. The van der Waals surface area contributed by atoms with E-state index in [-0.39, 0.29) is 29.5 Å². The van der Waals surface area contributed by atoms with Gasteiger partial charge in [-0.2, -0.15) is 0 Å². The molecule has 0 spiro atoms. The van der Waals surface area contributed by atoms with E-state index in [1.165, 1.54) is 25.7 Å². The van der Waals surface area contributed by atoms with Gasteiger partial charge in [-0.05, 0) is 104 Å². The average Bonchev–Trinajstić information content (AvgIpc) is 2.98. The lowest BCUT2D eigenvalue weighted by Crippen LogP contribution is -2.58. The zero-order chi connectivity index (χ0) is 20.3. The average molecular weight is 393 g/mol. The van der Waals surface area contributed by atoms with Crippen LogP contribution in [0.3, 0.4) is 0 Å². The Morgan fingerprint density at radius 2 is 1.68 bits per heavy atom. The first-order valence-corrected chi connectivity index (χ1v) is 11.7. The van der Waals surface area contributed by atoms with Gasteiger partial charge < -0.3 is 15.3 Å². The minimum Gasteiger partial charge on any atom is -0.481 e. The first kappa shape index (κ1) is 20.7. The number of rotatable bonds is 4. The maximum absolute atomic E-state index is 11.2. The molecule has 10 atom stereocenters. The number of aliphatic hydroxyl groups is 2. The molecule has 5 unspecified atom stereocenters. The lowest BCUT2D eigenvalue weighted by molar-refractivity contribution is -0.174. The van der Waals surface area contributed by atoms with Gasteiger partial charge in [0.2, 0.25) is 0 Å². The van der Waals surface area contributed by atoms with Gasteiger partial charge in [0.15, 0.2) is 0 Å². The van der Waals surface area contributed by atoms with E-state index in [0.717, 1.165) is 32.1 Å². The van der Waals surface area contributed by atoms with E-state index < -0.39 is 5.97 Å². The Hall–Kier alpha value is -0.610. The summed E-state index contributed by atoms with van der Waals surface area (Å²) in [4.78, 5) is 11.1. The molecule has 3 N–H and O–H groups in total. The molecule has 0 amide bonds. The van der Waals surface area contributed by atoms with Crippen molar-refractivity contribution in [1.82, 2.24) is 0 Å². The lowest BCUT2D eigenvalue weighted by atomic mass is 9.43. The minimum atomic E-state index is -0.684. The lowest BCUT2D eigenvalue weighted by Gasteiger charge is -2.62. The summed E-state index contributed by atoms with van der Waals surface area (Å²) in [5, 5.41) is 30.5. The fourth-order valence-corrected chi connectivity index (χ4v) is 8.73. The second kappa shape index (κ2) is 7.27. The molecule has 0 heterocycles. The van der Waals surface area contributed by atoms with Crippen LogP contribution in [0.5, 0.6) is 0 Å². The predicted molar refractivity (Wildman–Crippen MR) is 109 cm³/mol. The second-order valence-corrected chi connectivity index (χ2v) is 11.4. The Labute approximate surface area is 170 Å². The molecule has 4 nitrogen and oxygen atoms in total. The van der Waals surface area contributed by atoms with E-state index in [9.17, 15) is 15.0 Å². The van der Waals surface area contributed by atoms with Crippen LogP contribution in [0.1, 0.15) is 85.0 Å². The molecule has 28 heavy (non-hydrogen) atoms. The van der Waals surface area contributed by atoms with Crippen molar-refractivity contribution >= 4 is 5.97 Å². The smallest absolute Gasteiger partial charge is 0.303 e. The van der Waals surface area contributed by atoms with Gasteiger partial charge in [0.1, 0.15) is 0 Å². The summed E-state index contributed by atoms with van der Waals surface area (Å²) in [6.07, 6.45) is 9.19. The van der Waals surface area contributed by atoms with E-state index in [1.54, 1.807) is 0 Å². The molecule has 0 aromatic heterocycles. The summed E-state index contributed by atoms with van der Waals surface area (Å²) >= 11 is 0. The van der Waals surface area contributed by atoms with Crippen molar-refractivity contribution in [3.63, 3.8) is 0 Å². The summed E-state index contributed by atoms with van der Waals surface area (Å²) in [6.45, 7) is 7.16. The highest BCUT2D eigenvalue weighted by molar-refractivity contribution is 5.66. The van der Waals surface area contributed by atoms with Crippen LogP contribution < -0.4 is 0 Å². The molecule has 0 aromatic carbocycles. The first-order chi connectivity index (χ1) is 13.2. The zero-order valence-electron chi connectivity index (χ0n) is 17.9. The van der Waals surface area contributed by atoms with Gasteiger partial charge in [-0.1, -0.05) is 20.8 Å². The molecular formula is C24H40O4. The summed E-state index contributed by atoms with van der Waals surface area (Å²) < 4.78 is 0. The van der Waals surface area contributed by atoms with Crippen molar-refractivity contribution in [3.8, 4) is 0 Å². The van der Waals surface area contributed by atoms with Crippen molar-refractivity contribution in [3.05, 3.63) is 0 Å². The zero-order valence-corrected chi connectivity index (χ0v) is 17.9. The van der Waals surface area contributed by atoms with Gasteiger partial charge >= 0.3 is 5.97 Å². The minimum absolute atomic E-state index is 0.179. The third kappa shape index (κ3) is 3.14. The highest BCUT2D eigenvalue weighted by atomic mass is 16.4. The first-order valence-electron chi connectivity index (χ1n) is 11.7. The number of aliphatic carboxylic acids is 1. The van der Waals surface area contributed by atoms with Gasteiger partial charge in [0.05, 0.1) is 12.2 Å². The Morgan fingerprint density at radius 3 is 2.39 bits per heavy atom. The number of carbonyl (C=O) groups is 1. The van der Waals surface area contributed by atoms with Crippen LogP contribution in [0.25, 0.3) is 0 Å². The number of fused-ring (bicyclic) bond motifs is 5. The normalized spacial score (nSPS) is 51.7. The monoisotopic (exact) mass is 392 g/mol. The van der Waals surface area contributed by atoms with Crippen LogP contribution in [0.2, 0.25) is 0 Å². The quantitative estimate of drug-likeness (QED) is 0.659. The summed E-state index contributed by atoms with van der Waals surface area (Å²) in [6, 6.07) is 0. The summed E-state index contributed by atoms with van der Waals surface area (Å²) in [7, 11) is 0. The van der Waals surface area contributed by atoms with Crippen molar-refractivity contribution in [2.75, 3.05) is 0 Å². The molecule has 4 rings (SSSR count). The second-order valence-electron chi connectivity index (χ2n) is 11.4. The molecule has 160 valence electrons. The summed E-state index contributed by atoms with van der Waals surface area (Å²) in [5.41, 5.74) is 0.523. The maximum atomic E-state index is 11.2. The SMILES string of the molecule is C[C@H](CCC(=O)O)C1CCC2C3C(O)C[C@@H]4C[C@H](O)CC[C@]4(C)C3CC[C@@]21C. The third-order valence-electron chi connectivity index (χ3n) is 10.2. The number of carboxylic acid groups (broad SMARTS) is 1. The molecule has 4 aliphatic rings. The highest BCUT2D eigenvalue weighted by Gasteiger charge is 2.62. The maximum Gasteiger partial charge on any atom is 0.303 e. The molecule has 0 saturated heterocycles. The van der Waals surface area contributed by atoms with Crippen LogP contribution in [-0.4, -0.2) is 33.5 Å². The number of carboxylic acids is 1. The third-order valence-corrected chi connectivity index (χ3v) is 10.2. The number of aliphatic hydroxyl groups excluding tert-OH is 2. The van der Waals surface area contributed by atoms with Gasteiger partial charge in [-0.25, -0.2) is 0 Å². The van der Waals surface area contributed by atoms with Crippen LogP contribution in [-0.2, 0) is 4.79 Å². The molecule has 4 aliphatic carbocycles. The Bertz CT molecular complexity index is 605. The Morgan fingerprint density at radius 1 is 1.00 bits per heavy atom. The van der Waals surface area contributed by atoms with Gasteiger partial charge in [-0.15, -0.1) is 0 Å². The van der Waals surface area contributed by atoms with Crippen LogP contribution in [0.4, 0.5) is 0 Å². The standard InChI is InChI=1S/C24H40O4/c1-14(4-7-21(27)28)17-5-6-18-22-19(9-11-24(17,18)3)23(2)10-8-16(25)12-15(23)13-20(22)26/h14-20,22,25-26H,4-13H2,1-3H3,(H,27,28)/t14-,15+,16-,17?,18?,19?,20?,22?,23+,24-/m1/s1. The molecule has 4 fully saturated rings. The van der Waals surface area contributed by atoms with Crippen molar-refractivity contribution in [1.29, 1.82) is 0 Å².